The number of hydrogen-bond acceptors (Lipinski definition) is 5. The summed E-state index contributed by atoms with van der Waals surface area (Å²) < 4.78 is 71.2. The number of hydrogen-bond donors (Lipinski definition) is 1. The van der Waals surface area contributed by atoms with Gasteiger partial charge in [0.25, 0.3) is 0 Å². The highest BCUT2D eigenvalue weighted by Crippen LogP contribution is 2.38. The van der Waals surface area contributed by atoms with Crippen LogP contribution in [0.3, 0.4) is 0 Å². The maximum absolute atomic E-state index is 14.3. The summed E-state index contributed by atoms with van der Waals surface area (Å²) in [5.74, 6) is -2.07. The van der Waals surface area contributed by atoms with Crippen molar-refractivity contribution in [1.82, 2.24) is 15.0 Å². The van der Waals surface area contributed by atoms with Gasteiger partial charge in [0, 0.05) is 42.0 Å². The Morgan fingerprint density at radius 1 is 0.968 bits per heavy atom. The van der Waals surface area contributed by atoms with Crippen molar-refractivity contribution in [3.63, 3.8) is 0 Å². The Kier molecular flexibility index (Phi) is 5.14. The monoisotopic (exact) mass is 432 g/mol. The highest BCUT2D eigenvalue weighted by atomic mass is 19.4. The zero-order valence-electron chi connectivity index (χ0n) is 15.8. The minimum atomic E-state index is -5.02. The molecule has 0 aliphatic rings. The molecule has 0 aliphatic heterocycles. The van der Waals surface area contributed by atoms with Crippen LogP contribution in [-0.4, -0.2) is 28.4 Å². The van der Waals surface area contributed by atoms with Crippen LogP contribution in [0.2, 0.25) is 0 Å². The number of pyridine rings is 1. The van der Waals surface area contributed by atoms with Gasteiger partial charge >= 0.3 is 6.36 Å². The van der Waals surface area contributed by atoms with E-state index in [0.717, 1.165) is 18.2 Å². The van der Waals surface area contributed by atoms with Gasteiger partial charge in [-0.1, -0.05) is 0 Å². The van der Waals surface area contributed by atoms with Gasteiger partial charge in [-0.25, -0.2) is 18.7 Å². The molecule has 2 heterocycles. The molecule has 0 fully saturated rings. The van der Waals surface area contributed by atoms with E-state index in [4.69, 9.17) is 0 Å². The zero-order chi connectivity index (χ0) is 22.2. The summed E-state index contributed by atoms with van der Waals surface area (Å²) in [5.41, 5.74) is 0.279. The third-order valence-corrected chi connectivity index (χ3v) is 4.39. The summed E-state index contributed by atoms with van der Waals surface area (Å²) in [6.45, 7) is 0. The molecule has 5 nitrogen and oxygen atoms in total. The van der Waals surface area contributed by atoms with Gasteiger partial charge in [0.15, 0.2) is 11.6 Å². The van der Waals surface area contributed by atoms with E-state index >= 15 is 0 Å². The number of anilines is 1. The van der Waals surface area contributed by atoms with E-state index in [1.54, 1.807) is 12.1 Å². The highest BCUT2D eigenvalue weighted by Gasteiger charge is 2.33. The maximum atomic E-state index is 14.3. The lowest BCUT2D eigenvalue weighted by molar-refractivity contribution is -0.274. The van der Waals surface area contributed by atoms with Crippen LogP contribution in [0.15, 0.2) is 54.9 Å². The van der Waals surface area contributed by atoms with Crippen LogP contribution in [0, 0.1) is 11.6 Å². The Morgan fingerprint density at radius 3 is 2.42 bits per heavy atom. The molecule has 10 heteroatoms. The quantitative estimate of drug-likeness (QED) is 0.427. The molecule has 0 aliphatic carbocycles. The summed E-state index contributed by atoms with van der Waals surface area (Å²) >= 11 is 0. The van der Waals surface area contributed by atoms with E-state index in [9.17, 15) is 22.0 Å². The van der Waals surface area contributed by atoms with Crippen LogP contribution in [-0.2, 0) is 0 Å². The van der Waals surface area contributed by atoms with Gasteiger partial charge < -0.3 is 10.1 Å². The Labute approximate surface area is 172 Å². The van der Waals surface area contributed by atoms with Crippen LogP contribution >= 0.6 is 0 Å². The standard InChI is InChI=1S/C21H13F5N4O/c1-27-20-15-7-12(14-5-4-13(22)9-16(14)23)8-17(31-21(24,25)26)18(15)29-19(30-20)11-3-2-6-28-10-11/h2-10H,1H3,(H,27,29,30). The number of nitrogens with zero attached hydrogens (tertiary/aromatic N) is 3. The van der Waals surface area contributed by atoms with Crippen LogP contribution in [0.1, 0.15) is 0 Å². The van der Waals surface area contributed by atoms with Crippen molar-refractivity contribution in [3.05, 3.63) is 66.5 Å². The average Bonchev–Trinajstić information content (AvgIpc) is 2.72. The fourth-order valence-electron chi connectivity index (χ4n) is 3.10. The van der Waals surface area contributed by atoms with Gasteiger partial charge in [-0.3, -0.25) is 4.98 Å². The van der Waals surface area contributed by atoms with Crippen molar-refractivity contribution in [3.8, 4) is 28.3 Å². The molecular formula is C21H13F5N4O. The lowest BCUT2D eigenvalue weighted by atomic mass is 10.0. The number of aromatic nitrogens is 3. The van der Waals surface area contributed by atoms with E-state index in [2.05, 4.69) is 25.0 Å². The number of rotatable bonds is 4. The number of fused-ring (bicyclic) bond motifs is 1. The first kappa shape index (κ1) is 20.5. The van der Waals surface area contributed by atoms with Crippen molar-refractivity contribution >= 4 is 16.7 Å². The first-order valence-corrected chi connectivity index (χ1v) is 8.90. The van der Waals surface area contributed by atoms with Crippen molar-refractivity contribution < 1.29 is 26.7 Å². The van der Waals surface area contributed by atoms with E-state index in [1.165, 1.54) is 25.5 Å². The van der Waals surface area contributed by atoms with Crippen molar-refractivity contribution in [2.75, 3.05) is 12.4 Å². The topological polar surface area (TPSA) is 59.9 Å². The summed E-state index contributed by atoms with van der Waals surface area (Å²) in [6, 6.07) is 8.49. The van der Waals surface area contributed by atoms with E-state index in [0.29, 0.717) is 11.6 Å². The zero-order valence-corrected chi connectivity index (χ0v) is 15.8. The lowest BCUT2D eigenvalue weighted by Crippen LogP contribution is -2.17. The second-order valence-corrected chi connectivity index (χ2v) is 6.43. The smallest absolute Gasteiger partial charge is 0.403 e. The first-order valence-electron chi connectivity index (χ1n) is 8.90. The number of ether oxygens (including phenoxy) is 1. The predicted octanol–water partition coefficient (Wildman–Crippen LogP) is 5.58. The normalized spacial score (nSPS) is 11.5. The molecule has 0 saturated heterocycles. The van der Waals surface area contributed by atoms with Crippen molar-refractivity contribution in [2.24, 2.45) is 0 Å². The lowest BCUT2D eigenvalue weighted by Gasteiger charge is -2.16. The molecule has 2 aromatic carbocycles. The molecule has 31 heavy (non-hydrogen) atoms. The molecule has 2 aromatic heterocycles. The molecule has 0 bridgehead atoms. The number of alkyl halides is 3. The van der Waals surface area contributed by atoms with Gasteiger partial charge in [0.2, 0.25) is 0 Å². The number of nitrogens with one attached hydrogen (secondary N) is 1. The van der Waals surface area contributed by atoms with Crippen LogP contribution in [0.25, 0.3) is 33.4 Å². The first-order chi connectivity index (χ1) is 14.7. The summed E-state index contributed by atoms with van der Waals surface area (Å²) in [5, 5.41) is 2.97. The molecule has 0 radical (unpaired) electrons. The fraction of sp³-hybridized carbons (Fsp3) is 0.0952. The summed E-state index contributed by atoms with van der Waals surface area (Å²) in [7, 11) is 1.53. The second kappa shape index (κ2) is 7.78. The van der Waals surface area contributed by atoms with Gasteiger partial charge in [0.05, 0.1) is 0 Å². The second-order valence-electron chi connectivity index (χ2n) is 6.43. The van der Waals surface area contributed by atoms with Crippen molar-refractivity contribution in [1.29, 1.82) is 0 Å². The van der Waals surface area contributed by atoms with Crippen LogP contribution in [0.4, 0.5) is 27.8 Å². The number of halogens is 5. The SMILES string of the molecule is CNc1nc(-c2cccnc2)nc2c(OC(F)(F)F)cc(-c3ccc(F)cc3F)cc12. The van der Waals surface area contributed by atoms with Crippen molar-refractivity contribution in [2.45, 2.75) is 6.36 Å². The molecule has 0 saturated carbocycles. The molecule has 1 N–H and O–H groups in total. The molecule has 0 unspecified atom stereocenters. The third kappa shape index (κ3) is 4.23. The Balaban J connectivity index is 2.01. The largest absolute Gasteiger partial charge is 0.573 e. The van der Waals surface area contributed by atoms with Gasteiger partial charge in [-0.2, -0.15) is 0 Å². The minimum absolute atomic E-state index is 0.0403. The summed E-state index contributed by atoms with van der Waals surface area (Å²) in [4.78, 5) is 12.6. The maximum Gasteiger partial charge on any atom is 0.573 e. The Bertz CT molecular complexity index is 1260. The van der Waals surface area contributed by atoms with Gasteiger partial charge in [0.1, 0.15) is 23.0 Å². The molecule has 4 aromatic rings. The number of benzene rings is 2. The average molecular weight is 432 g/mol. The predicted molar refractivity (Wildman–Crippen MR) is 104 cm³/mol. The van der Waals surface area contributed by atoms with Crippen LogP contribution < -0.4 is 10.1 Å². The molecule has 0 atom stereocenters. The molecule has 158 valence electrons. The van der Waals surface area contributed by atoms with Gasteiger partial charge in [-0.15, -0.1) is 13.2 Å². The molecule has 4 rings (SSSR count). The Hall–Kier alpha value is -3.82. The van der Waals surface area contributed by atoms with E-state index in [-0.39, 0.29) is 33.7 Å². The minimum Gasteiger partial charge on any atom is -0.403 e. The van der Waals surface area contributed by atoms with E-state index in [1.807, 2.05) is 0 Å². The Morgan fingerprint density at radius 2 is 1.77 bits per heavy atom. The molecular weight excluding hydrogens is 419 g/mol. The van der Waals surface area contributed by atoms with Gasteiger partial charge in [-0.05, 0) is 42.0 Å². The highest BCUT2D eigenvalue weighted by molar-refractivity contribution is 5.97. The fourth-order valence-corrected chi connectivity index (χ4v) is 3.10. The third-order valence-electron chi connectivity index (χ3n) is 4.39. The molecule has 0 amide bonds. The molecule has 0 spiro atoms. The summed E-state index contributed by atoms with van der Waals surface area (Å²) in [6.07, 6.45) is -2.02. The van der Waals surface area contributed by atoms with Crippen LogP contribution in [0.5, 0.6) is 5.75 Å². The van der Waals surface area contributed by atoms with E-state index < -0.39 is 23.7 Å².